The number of hydrogen-bond acceptors (Lipinski definition) is 4. The van der Waals surface area contributed by atoms with Gasteiger partial charge in [0.15, 0.2) is 5.78 Å². The second kappa shape index (κ2) is 9.28. The van der Waals surface area contributed by atoms with Crippen molar-refractivity contribution >= 4 is 17.5 Å². The van der Waals surface area contributed by atoms with Crippen LogP contribution in [0.4, 0.5) is 0 Å². The van der Waals surface area contributed by atoms with Crippen LogP contribution in [0.25, 0.3) is 0 Å². The molecule has 0 fully saturated rings. The smallest absolute Gasteiger partial charge is 0.316 e. The van der Waals surface area contributed by atoms with Crippen LogP contribution in [-0.4, -0.2) is 23.6 Å². The Morgan fingerprint density at radius 3 is 2.30 bits per heavy atom. The molecule has 3 aliphatic rings. The molecule has 0 N–H and O–H groups in total. The Labute approximate surface area is 180 Å². The van der Waals surface area contributed by atoms with Crippen LogP contribution < -0.4 is 0 Å². The van der Waals surface area contributed by atoms with Crippen molar-refractivity contribution < 1.29 is 19.1 Å². The van der Waals surface area contributed by atoms with Crippen LogP contribution in [0.1, 0.15) is 47.5 Å². The third-order valence-corrected chi connectivity index (χ3v) is 6.99. The lowest BCUT2D eigenvalue weighted by Gasteiger charge is -2.45. The van der Waals surface area contributed by atoms with E-state index in [0.29, 0.717) is 5.92 Å². The van der Waals surface area contributed by atoms with Crippen molar-refractivity contribution in [3.8, 4) is 0 Å². The Kier molecular flexibility index (Phi) is 6.95. The van der Waals surface area contributed by atoms with Crippen LogP contribution in [0.5, 0.6) is 0 Å². The molecule has 162 valence electrons. The summed E-state index contributed by atoms with van der Waals surface area (Å²) >= 11 is 0. The molecule has 4 heteroatoms. The standard InChI is InChI=1S/C26H34O4/c1-15-12-17(3)24-20(13-15)10-11-21-16(2)8-6-7-9-18(4)30-26(29)19(5)22(27)14-23(28)25(21)24/h6-12,16-21,24-25H,13-14H2,1-5H3/b8-6-,9-7+/t16-,17-,18+,19+,20-,21+,24-,25+/m1/s1. The maximum absolute atomic E-state index is 13.5. The molecule has 0 aromatic rings. The van der Waals surface area contributed by atoms with Gasteiger partial charge in [-0.2, -0.15) is 0 Å². The van der Waals surface area contributed by atoms with Gasteiger partial charge in [-0.25, -0.2) is 0 Å². The van der Waals surface area contributed by atoms with Gasteiger partial charge in [0.1, 0.15) is 17.8 Å². The quantitative estimate of drug-likeness (QED) is 0.325. The van der Waals surface area contributed by atoms with Gasteiger partial charge in [0.2, 0.25) is 0 Å². The molecule has 0 radical (unpaired) electrons. The fraction of sp³-hybridized carbons (Fsp3) is 0.577. The number of ketones is 2. The van der Waals surface area contributed by atoms with E-state index in [-0.39, 0.29) is 47.6 Å². The molecule has 0 aromatic heterocycles. The normalized spacial score (nSPS) is 42.3. The summed E-state index contributed by atoms with van der Waals surface area (Å²) < 4.78 is 5.35. The highest BCUT2D eigenvalue weighted by Gasteiger charge is 2.45. The highest BCUT2D eigenvalue weighted by atomic mass is 16.5. The van der Waals surface area contributed by atoms with Crippen LogP contribution in [-0.2, 0) is 19.1 Å². The molecule has 0 saturated carbocycles. The van der Waals surface area contributed by atoms with Crippen LogP contribution in [0.3, 0.4) is 0 Å². The molecule has 0 amide bonds. The SMILES string of the molecule is CC1=C[C@@H](C)[C@H]2[C@@H]3C(=O)CC(=O)[C@H](C)C(=O)O[C@@H](C)/C=C/C=C\[C@@H](C)[C@@H]3C=C[C@@H]2C1. The van der Waals surface area contributed by atoms with Crippen LogP contribution in [0.15, 0.2) is 48.1 Å². The highest BCUT2D eigenvalue weighted by molar-refractivity contribution is 6.08. The predicted octanol–water partition coefficient (Wildman–Crippen LogP) is 4.87. The number of rotatable bonds is 0. The minimum absolute atomic E-state index is 0.0373. The summed E-state index contributed by atoms with van der Waals surface area (Å²) in [5, 5.41) is 0. The van der Waals surface area contributed by atoms with Crippen molar-refractivity contribution in [2.45, 2.75) is 53.6 Å². The van der Waals surface area contributed by atoms with Gasteiger partial charge in [-0.05, 0) is 62.9 Å². The number of hydrogen-bond donors (Lipinski definition) is 0. The van der Waals surface area contributed by atoms with E-state index in [1.54, 1.807) is 19.9 Å². The van der Waals surface area contributed by atoms with Crippen molar-refractivity contribution in [3.05, 3.63) is 48.1 Å². The summed E-state index contributed by atoms with van der Waals surface area (Å²) in [6.07, 6.45) is 14.8. The highest BCUT2D eigenvalue weighted by Crippen LogP contribution is 2.48. The van der Waals surface area contributed by atoms with E-state index in [1.165, 1.54) is 5.57 Å². The molecular formula is C26H34O4. The lowest BCUT2D eigenvalue weighted by molar-refractivity contribution is -0.153. The molecule has 30 heavy (non-hydrogen) atoms. The van der Waals surface area contributed by atoms with Gasteiger partial charge in [-0.15, -0.1) is 0 Å². The first-order valence-corrected chi connectivity index (χ1v) is 11.2. The first-order chi connectivity index (χ1) is 14.2. The van der Waals surface area contributed by atoms with E-state index in [9.17, 15) is 14.4 Å². The summed E-state index contributed by atoms with van der Waals surface area (Å²) in [5.74, 6) is -1.11. The van der Waals surface area contributed by atoms with Crippen LogP contribution in [0, 0.1) is 41.4 Å². The van der Waals surface area contributed by atoms with Crippen molar-refractivity contribution in [1.29, 1.82) is 0 Å². The molecule has 1 heterocycles. The molecule has 2 aliphatic carbocycles. The number of allylic oxidation sites excluding steroid dienone is 7. The lowest BCUT2D eigenvalue weighted by atomic mass is 9.58. The van der Waals surface area contributed by atoms with Gasteiger partial charge in [-0.1, -0.05) is 55.9 Å². The molecule has 0 bridgehead atoms. The van der Waals surface area contributed by atoms with E-state index >= 15 is 0 Å². The lowest BCUT2D eigenvalue weighted by Crippen LogP contribution is -2.44. The summed E-state index contributed by atoms with van der Waals surface area (Å²) in [4.78, 5) is 38.6. The number of cyclic esters (lactones) is 1. The first-order valence-electron chi connectivity index (χ1n) is 11.2. The van der Waals surface area contributed by atoms with Crippen molar-refractivity contribution in [1.82, 2.24) is 0 Å². The maximum Gasteiger partial charge on any atom is 0.316 e. The minimum atomic E-state index is -0.931. The van der Waals surface area contributed by atoms with E-state index in [0.717, 1.165) is 6.42 Å². The number of esters is 1. The third-order valence-electron chi connectivity index (χ3n) is 6.99. The molecule has 0 spiro atoms. The third kappa shape index (κ3) is 4.74. The Morgan fingerprint density at radius 1 is 0.867 bits per heavy atom. The number of Topliss-reactive ketones (excluding diaryl/α,β-unsaturated/α-hetero) is 2. The zero-order valence-corrected chi connectivity index (χ0v) is 18.7. The monoisotopic (exact) mass is 410 g/mol. The molecule has 3 rings (SSSR count). The van der Waals surface area contributed by atoms with Gasteiger partial charge in [0.05, 0.1) is 6.42 Å². The molecule has 8 atom stereocenters. The Morgan fingerprint density at radius 2 is 1.57 bits per heavy atom. The molecule has 4 nitrogen and oxygen atoms in total. The van der Waals surface area contributed by atoms with E-state index in [1.807, 2.05) is 12.2 Å². The van der Waals surface area contributed by atoms with Crippen molar-refractivity contribution in [2.75, 3.05) is 0 Å². The molecule has 1 aliphatic heterocycles. The largest absolute Gasteiger partial charge is 0.458 e. The Balaban J connectivity index is 1.99. The zero-order chi connectivity index (χ0) is 22.0. The van der Waals surface area contributed by atoms with E-state index < -0.39 is 18.0 Å². The summed E-state index contributed by atoms with van der Waals surface area (Å²) in [6.45, 7) is 9.77. The minimum Gasteiger partial charge on any atom is -0.458 e. The fourth-order valence-corrected chi connectivity index (χ4v) is 5.38. The van der Waals surface area contributed by atoms with Crippen molar-refractivity contribution in [3.63, 3.8) is 0 Å². The van der Waals surface area contributed by atoms with Crippen LogP contribution in [0.2, 0.25) is 0 Å². The Hall–Kier alpha value is -2.23. The second-order valence-electron chi connectivity index (χ2n) is 9.41. The molecule has 0 saturated heterocycles. The van der Waals surface area contributed by atoms with E-state index in [4.69, 9.17) is 4.74 Å². The molecule has 0 aromatic carbocycles. The average Bonchev–Trinajstić information content (AvgIpc) is 2.68. The number of carbonyl (C=O) groups is 3. The van der Waals surface area contributed by atoms with Gasteiger partial charge < -0.3 is 4.74 Å². The van der Waals surface area contributed by atoms with E-state index in [2.05, 4.69) is 45.1 Å². The van der Waals surface area contributed by atoms with Gasteiger partial charge in [-0.3, -0.25) is 14.4 Å². The van der Waals surface area contributed by atoms with Gasteiger partial charge in [0, 0.05) is 5.92 Å². The molecule has 0 unspecified atom stereocenters. The second-order valence-corrected chi connectivity index (χ2v) is 9.41. The fourth-order valence-electron chi connectivity index (χ4n) is 5.38. The topological polar surface area (TPSA) is 60.4 Å². The summed E-state index contributed by atoms with van der Waals surface area (Å²) in [6, 6.07) is 0. The zero-order valence-electron chi connectivity index (χ0n) is 18.7. The summed E-state index contributed by atoms with van der Waals surface area (Å²) in [7, 11) is 0. The van der Waals surface area contributed by atoms with Crippen LogP contribution >= 0.6 is 0 Å². The number of carbonyl (C=O) groups excluding carboxylic acids is 3. The first kappa shape index (κ1) is 22.5. The Bertz CT molecular complexity index is 815. The number of ether oxygens (including phenoxy) is 1. The predicted molar refractivity (Wildman–Crippen MR) is 117 cm³/mol. The van der Waals surface area contributed by atoms with Crippen molar-refractivity contribution in [2.24, 2.45) is 41.4 Å². The summed E-state index contributed by atoms with van der Waals surface area (Å²) in [5.41, 5.74) is 1.36. The average molecular weight is 411 g/mol. The molecular weight excluding hydrogens is 376 g/mol. The van der Waals surface area contributed by atoms with Gasteiger partial charge >= 0.3 is 5.97 Å². The maximum atomic E-state index is 13.5. The van der Waals surface area contributed by atoms with Gasteiger partial charge in [0.25, 0.3) is 0 Å². The number of fused-ring (bicyclic) bond motifs is 3.